The van der Waals surface area contributed by atoms with Crippen molar-refractivity contribution in [2.24, 2.45) is 0 Å². The molecule has 0 aliphatic carbocycles. The van der Waals surface area contributed by atoms with E-state index in [1.54, 1.807) is 6.33 Å². The fraction of sp³-hybridized carbons (Fsp3) is 0.421. The third-order valence-corrected chi connectivity index (χ3v) is 5.01. The monoisotopic (exact) mass is 323 g/mol. The van der Waals surface area contributed by atoms with Gasteiger partial charge < -0.3 is 4.74 Å². The Bertz CT molecular complexity index is 734. The summed E-state index contributed by atoms with van der Waals surface area (Å²) < 4.78 is 6.34. The Morgan fingerprint density at radius 2 is 1.96 bits per heavy atom. The standard InChI is InChI=1S/C19H21N3O2/c23-17-10-19(24-18-5-2-1-4-16(17)18)6-3-8-22(9-7-19)13-15-11-20-14-21-12-15/h1-2,4-5,11-12,14H,3,6-10,13H2. The molecule has 2 aliphatic heterocycles. The van der Waals surface area contributed by atoms with Gasteiger partial charge in [0.2, 0.25) is 0 Å². The Balaban J connectivity index is 1.48. The molecule has 24 heavy (non-hydrogen) atoms. The summed E-state index contributed by atoms with van der Waals surface area (Å²) in [7, 11) is 0. The molecule has 4 rings (SSSR count). The minimum atomic E-state index is -0.340. The van der Waals surface area contributed by atoms with Crippen LogP contribution in [0.4, 0.5) is 0 Å². The average Bonchev–Trinajstić information content (AvgIpc) is 2.78. The number of rotatable bonds is 2. The predicted molar refractivity (Wildman–Crippen MR) is 89.9 cm³/mol. The van der Waals surface area contributed by atoms with Crippen LogP contribution >= 0.6 is 0 Å². The smallest absolute Gasteiger partial charge is 0.170 e. The molecule has 3 heterocycles. The van der Waals surface area contributed by atoms with Gasteiger partial charge in [0, 0.05) is 37.5 Å². The van der Waals surface area contributed by atoms with E-state index in [1.807, 2.05) is 36.7 Å². The van der Waals surface area contributed by atoms with Gasteiger partial charge in [-0.2, -0.15) is 0 Å². The summed E-state index contributed by atoms with van der Waals surface area (Å²) >= 11 is 0. The topological polar surface area (TPSA) is 55.3 Å². The van der Waals surface area contributed by atoms with Crippen LogP contribution in [0.2, 0.25) is 0 Å². The highest BCUT2D eigenvalue weighted by Gasteiger charge is 2.41. The fourth-order valence-electron chi connectivity index (χ4n) is 3.77. The molecule has 1 aromatic carbocycles. The molecule has 1 unspecified atom stereocenters. The molecule has 0 bridgehead atoms. The molecule has 1 spiro atoms. The van der Waals surface area contributed by atoms with Gasteiger partial charge in [-0.1, -0.05) is 12.1 Å². The molecule has 5 heteroatoms. The molecule has 0 amide bonds. The first kappa shape index (κ1) is 15.3. The lowest BCUT2D eigenvalue weighted by Gasteiger charge is -2.37. The van der Waals surface area contributed by atoms with E-state index < -0.39 is 0 Å². The van der Waals surface area contributed by atoms with Crippen LogP contribution in [-0.2, 0) is 6.54 Å². The highest BCUT2D eigenvalue weighted by Crippen LogP contribution is 2.39. The Morgan fingerprint density at radius 3 is 2.83 bits per heavy atom. The first-order valence-electron chi connectivity index (χ1n) is 8.52. The molecule has 0 saturated carbocycles. The Kier molecular flexibility index (Phi) is 4.02. The molecule has 1 saturated heterocycles. The number of hydrogen-bond acceptors (Lipinski definition) is 5. The van der Waals surface area contributed by atoms with Crippen molar-refractivity contribution >= 4 is 5.78 Å². The SMILES string of the molecule is O=C1CC2(CCCN(Cc3cncnc3)CC2)Oc2ccccc21. The number of aromatic nitrogens is 2. The number of nitrogens with zero attached hydrogens (tertiary/aromatic N) is 3. The lowest BCUT2D eigenvalue weighted by molar-refractivity contribution is 0.0299. The van der Waals surface area contributed by atoms with Crippen LogP contribution in [-0.4, -0.2) is 39.3 Å². The van der Waals surface area contributed by atoms with Gasteiger partial charge in [-0.3, -0.25) is 9.69 Å². The molecular weight excluding hydrogens is 302 g/mol. The van der Waals surface area contributed by atoms with Crippen LogP contribution in [0.5, 0.6) is 5.75 Å². The van der Waals surface area contributed by atoms with Gasteiger partial charge in [0.25, 0.3) is 0 Å². The predicted octanol–water partition coefficient (Wildman–Crippen LogP) is 2.87. The summed E-state index contributed by atoms with van der Waals surface area (Å²) in [6, 6.07) is 7.61. The number of benzene rings is 1. The summed E-state index contributed by atoms with van der Waals surface area (Å²) in [4.78, 5) is 23.1. The van der Waals surface area contributed by atoms with Gasteiger partial charge in [-0.25, -0.2) is 9.97 Å². The molecule has 124 valence electrons. The van der Waals surface area contributed by atoms with Gasteiger partial charge in [-0.15, -0.1) is 0 Å². The molecule has 2 aliphatic rings. The van der Waals surface area contributed by atoms with Crippen molar-refractivity contribution in [1.29, 1.82) is 0 Å². The molecule has 5 nitrogen and oxygen atoms in total. The Labute approximate surface area is 141 Å². The molecule has 0 radical (unpaired) electrons. The van der Waals surface area contributed by atoms with Crippen molar-refractivity contribution in [2.75, 3.05) is 13.1 Å². The number of likely N-dealkylation sites (tertiary alicyclic amines) is 1. The van der Waals surface area contributed by atoms with Crippen LogP contribution < -0.4 is 4.74 Å². The maximum Gasteiger partial charge on any atom is 0.170 e. The molecule has 1 aromatic heterocycles. The summed E-state index contributed by atoms with van der Waals surface area (Å²) in [5.74, 6) is 0.959. The van der Waals surface area contributed by atoms with Crippen molar-refractivity contribution in [2.45, 2.75) is 37.8 Å². The average molecular weight is 323 g/mol. The van der Waals surface area contributed by atoms with E-state index in [9.17, 15) is 4.79 Å². The first-order valence-corrected chi connectivity index (χ1v) is 8.52. The Hall–Kier alpha value is -2.27. The largest absolute Gasteiger partial charge is 0.486 e. The number of carbonyl (C=O) groups excluding carboxylic acids is 1. The van der Waals surface area contributed by atoms with Gasteiger partial charge in [0.15, 0.2) is 5.78 Å². The lowest BCUT2D eigenvalue weighted by atomic mass is 9.84. The summed E-state index contributed by atoms with van der Waals surface area (Å²) in [6.07, 6.45) is 8.61. The normalized spacial score (nSPS) is 24.2. The summed E-state index contributed by atoms with van der Waals surface area (Å²) in [5.41, 5.74) is 1.51. The zero-order valence-corrected chi connectivity index (χ0v) is 13.6. The summed E-state index contributed by atoms with van der Waals surface area (Å²) in [5, 5.41) is 0. The van der Waals surface area contributed by atoms with E-state index in [4.69, 9.17) is 4.74 Å². The van der Waals surface area contributed by atoms with E-state index in [2.05, 4.69) is 14.9 Å². The van der Waals surface area contributed by atoms with Crippen LogP contribution in [0, 0.1) is 0 Å². The molecule has 0 N–H and O–H groups in total. The van der Waals surface area contributed by atoms with Crippen LogP contribution in [0.25, 0.3) is 0 Å². The number of fused-ring (bicyclic) bond motifs is 1. The van der Waals surface area contributed by atoms with Gasteiger partial charge in [0.1, 0.15) is 17.7 Å². The van der Waals surface area contributed by atoms with Crippen molar-refractivity contribution in [3.63, 3.8) is 0 Å². The summed E-state index contributed by atoms with van der Waals surface area (Å²) in [6.45, 7) is 2.78. The van der Waals surface area contributed by atoms with E-state index in [1.165, 1.54) is 0 Å². The van der Waals surface area contributed by atoms with Crippen molar-refractivity contribution in [3.05, 3.63) is 54.1 Å². The van der Waals surface area contributed by atoms with E-state index >= 15 is 0 Å². The second-order valence-corrected chi connectivity index (χ2v) is 6.76. The fourth-order valence-corrected chi connectivity index (χ4v) is 3.77. The maximum absolute atomic E-state index is 12.5. The van der Waals surface area contributed by atoms with E-state index in [-0.39, 0.29) is 11.4 Å². The lowest BCUT2D eigenvalue weighted by Crippen LogP contribution is -2.42. The molecule has 2 aromatic rings. The van der Waals surface area contributed by atoms with Crippen LogP contribution in [0.1, 0.15) is 41.6 Å². The number of ether oxygens (including phenoxy) is 1. The second-order valence-electron chi connectivity index (χ2n) is 6.76. The number of Topliss-reactive ketones (excluding diaryl/α,β-unsaturated/α-hetero) is 1. The zero-order chi connectivity index (χ0) is 16.4. The van der Waals surface area contributed by atoms with Crippen molar-refractivity contribution in [3.8, 4) is 5.75 Å². The van der Waals surface area contributed by atoms with Gasteiger partial charge in [0.05, 0.1) is 12.0 Å². The highest BCUT2D eigenvalue weighted by molar-refractivity contribution is 6.00. The maximum atomic E-state index is 12.5. The van der Waals surface area contributed by atoms with Crippen LogP contribution in [0.15, 0.2) is 43.0 Å². The number of carbonyl (C=O) groups is 1. The number of hydrogen-bond donors (Lipinski definition) is 0. The third-order valence-electron chi connectivity index (χ3n) is 5.01. The second kappa shape index (κ2) is 6.32. The van der Waals surface area contributed by atoms with Crippen LogP contribution in [0.3, 0.4) is 0 Å². The quantitative estimate of drug-likeness (QED) is 0.850. The van der Waals surface area contributed by atoms with Crippen molar-refractivity contribution in [1.82, 2.24) is 14.9 Å². The first-order chi connectivity index (χ1) is 11.7. The third kappa shape index (κ3) is 3.04. The molecule has 1 fully saturated rings. The van der Waals surface area contributed by atoms with Gasteiger partial charge in [-0.05, 0) is 31.5 Å². The van der Waals surface area contributed by atoms with Gasteiger partial charge >= 0.3 is 0 Å². The zero-order valence-electron chi connectivity index (χ0n) is 13.6. The van der Waals surface area contributed by atoms with E-state index in [0.717, 1.165) is 55.8 Å². The minimum absolute atomic E-state index is 0.210. The van der Waals surface area contributed by atoms with Crippen molar-refractivity contribution < 1.29 is 9.53 Å². The highest BCUT2D eigenvalue weighted by atomic mass is 16.5. The number of ketones is 1. The minimum Gasteiger partial charge on any atom is -0.486 e. The molecule has 1 atom stereocenters. The molecular formula is C19H21N3O2. The Morgan fingerprint density at radius 1 is 1.12 bits per heavy atom. The number of para-hydroxylation sites is 1. The van der Waals surface area contributed by atoms with E-state index in [0.29, 0.717) is 6.42 Å².